The fraction of sp³-hybridized carbons (Fsp3) is 0.667. The van der Waals surface area contributed by atoms with Crippen LogP contribution in [0.15, 0.2) is 18.2 Å². The molecule has 2 aliphatic rings. The second kappa shape index (κ2) is 7.34. The summed E-state index contributed by atoms with van der Waals surface area (Å²) in [6.45, 7) is 10.3. The number of morpholine rings is 1. The zero-order chi connectivity index (χ0) is 15.4. The van der Waals surface area contributed by atoms with E-state index in [0.29, 0.717) is 6.04 Å². The van der Waals surface area contributed by atoms with Gasteiger partial charge >= 0.3 is 0 Å². The molecule has 0 unspecified atom stereocenters. The van der Waals surface area contributed by atoms with Crippen molar-refractivity contribution < 1.29 is 9.47 Å². The second-order valence-corrected chi connectivity index (χ2v) is 6.43. The van der Waals surface area contributed by atoms with E-state index >= 15 is 0 Å². The maximum absolute atomic E-state index is 5.95. The maximum atomic E-state index is 5.95. The molecule has 1 aromatic rings. The van der Waals surface area contributed by atoms with Crippen LogP contribution in [-0.4, -0.2) is 56.4 Å². The highest BCUT2D eigenvalue weighted by molar-refractivity contribution is 5.58. The van der Waals surface area contributed by atoms with E-state index in [1.807, 2.05) is 12.1 Å². The molecule has 22 heavy (non-hydrogen) atoms. The maximum Gasteiger partial charge on any atom is 0.143 e. The second-order valence-electron chi connectivity index (χ2n) is 6.43. The quantitative estimate of drug-likeness (QED) is 0.853. The number of anilines is 1. The molecule has 0 N–H and O–H groups in total. The van der Waals surface area contributed by atoms with E-state index in [0.717, 1.165) is 45.1 Å². The van der Waals surface area contributed by atoms with Crippen molar-refractivity contribution in [3.63, 3.8) is 0 Å². The van der Waals surface area contributed by atoms with Crippen LogP contribution < -0.4 is 9.64 Å². The predicted molar refractivity (Wildman–Crippen MR) is 88.7 cm³/mol. The summed E-state index contributed by atoms with van der Waals surface area (Å²) in [5.74, 6) is 0.985. The van der Waals surface area contributed by atoms with Crippen molar-refractivity contribution in [3.8, 4) is 5.75 Å². The standard InChI is InChI=1S/C18H27N2O2/c1-15(2)22-18-6-4-3-5-17(18)20-9-7-16(8-10-20)19-11-13-21-14-12-19/h4-6,15-16H,7-14H2,1-2H3. The molecule has 4 nitrogen and oxygen atoms in total. The van der Waals surface area contributed by atoms with Crippen molar-refractivity contribution in [1.29, 1.82) is 0 Å². The van der Waals surface area contributed by atoms with E-state index < -0.39 is 0 Å². The summed E-state index contributed by atoms with van der Waals surface area (Å²) in [6.07, 6.45) is 2.64. The average Bonchev–Trinajstić information content (AvgIpc) is 2.56. The Bertz CT molecular complexity index is 464. The van der Waals surface area contributed by atoms with Crippen LogP contribution in [0.3, 0.4) is 0 Å². The first kappa shape index (κ1) is 15.6. The number of benzene rings is 1. The Morgan fingerprint density at radius 1 is 1.18 bits per heavy atom. The number of ether oxygens (including phenoxy) is 2. The van der Waals surface area contributed by atoms with Gasteiger partial charge in [-0.25, -0.2) is 0 Å². The minimum Gasteiger partial charge on any atom is -0.489 e. The zero-order valence-corrected chi connectivity index (χ0v) is 13.8. The molecule has 0 aliphatic carbocycles. The van der Waals surface area contributed by atoms with Crippen molar-refractivity contribution in [2.75, 3.05) is 44.3 Å². The summed E-state index contributed by atoms with van der Waals surface area (Å²) in [6, 6.07) is 9.93. The predicted octanol–water partition coefficient (Wildman–Crippen LogP) is 2.57. The van der Waals surface area contributed by atoms with Gasteiger partial charge in [0, 0.05) is 32.2 Å². The molecule has 0 aromatic heterocycles. The highest BCUT2D eigenvalue weighted by Gasteiger charge is 2.26. The molecule has 0 spiro atoms. The number of hydrogen-bond acceptors (Lipinski definition) is 4. The van der Waals surface area contributed by atoms with Gasteiger partial charge < -0.3 is 14.4 Å². The molecule has 1 aromatic carbocycles. The normalized spacial score (nSPS) is 21.3. The molecule has 2 fully saturated rings. The lowest BCUT2D eigenvalue weighted by Crippen LogP contribution is -2.49. The van der Waals surface area contributed by atoms with E-state index in [9.17, 15) is 0 Å². The summed E-state index contributed by atoms with van der Waals surface area (Å²) >= 11 is 0. The van der Waals surface area contributed by atoms with Crippen LogP contribution in [0.4, 0.5) is 5.69 Å². The molecule has 0 saturated carbocycles. The molecule has 2 heterocycles. The molecule has 0 amide bonds. The molecule has 1 radical (unpaired) electrons. The summed E-state index contributed by atoms with van der Waals surface area (Å²) in [4.78, 5) is 5.05. The average molecular weight is 303 g/mol. The summed E-state index contributed by atoms with van der Waals surface area (Å²) < 4.78 is 11.4. The molecule has 121 valence electrons. The Labute approximate surface area is 134 Å². The number of hydrogen-bond donors (Lipinski definition) is 0. The van der Waals surface area contributed by atoms with E-state index in [4.69, 9.17) is 9.47 Å². The first-order valence-corrected chi connectivity index (χ1v) is 8.47. The SMILES string of the molecule is CC(C)Oc1cc[c]cc1N1CCC(N2CCOCC2)CC1. The summed E-state index contributed by atoms with van der Waals surface area (Å²) in [5, 5.41) is 0. The van der Waals surface area contributed by atoms with Gasteiger partial charge in [-0.05, 0) is 44.9 Å². The molecule has 2 aliphatic heterocycles. The Kier molecular flexibility index (Phi) is 5.21. The lowest BCUT2D eigenvalue weighted by atomic mass is 10.0. The molecule has 0 atom stereocenters. The summed E-state index contributed by atoms with van der Waals surface area (Å²) in [5.41, 5.74) is 1.19. The number of rotatable bonds is 4. The molecule has 0 bridgehead atoms. The van der Waals surface area contributed by atoms with Gasteiger partial charge in [0.1, 0.15) is 5.75 Å². The van der Waals surface area contributed by atoms with Gasteiger partial charge in [0.15, 0.2) is 0 Å². The lowest BCUT2D eigenvalue weighted by molar-refractivity contribution is 0.0115. The van der Waals surface area contributed by atoms with Gasteiger partial charge in [0.05, 0.1) is 25.0 Å². The van der Waals surface area contributed by atoms with Gasteiger partial charge in [-0.2, -0.15) is 0 Å². The van der Waals surface area contributed by atoms with Crippen LogP contribution in [0.1, 0.15) is 26.7 Å². The van der Waals surface area contributed by atoms with Crippen molar-refractivity contribution in [2.45, 2.75) is 38.8 Å². The number of piperidine rings is 1. The zero-order valence-electron chi connectivity index (χ0n) is 13.8. The smallest absolute Gasteiger partial charge is 0.143 e. The van der Waals surface area contributed by atoms with E-state index in [1.54, 1.807) is 0 Å². The van der Waals surface area contributed by atoms with Gasteiger partial charge in [-0.1, -0.05) is 6.07 Å². The fourth-order valence-corrected chi connectivity index (χ4v) is 3.42. The largest absolute Gasteiger partial charge is 0.489 e. The van der Waals surface area contributed by atoms with E-state index in [2.05, 4.69) is 35.8 Å². The Balaban J connectivity index is 1.61. The topological polar surface area (TPSA) is 24.9 Å². The molecule has 2 saturated heterocycles. The summed E-state index contributed by atoms with van der Waals surface area (Å²) in [7, 11) is 0. The van der Waals surface area contributed by atoms with Crippen molar-refractivity contribution in [3.05, 3.63) is 24.3 Å². The van der Waals surface area contributed by atoms with Crippen LogP contribution in [0.5, 0.6) is 5.75 Å². The molecule has 3 rings (SSSR count). The third-order valence-electron chi connectivity index (χ3n) is 4.53. The van der Waals surface area contributed by atoms with Crippen molar-refractivity contribution in [1.82, 2.24) is 4.90 Å². The minimum absolute atomic E-state index is 0.201. The van der Waals surface area contributed by atoms with Crippen LogP contribution in [-0.2, 0) is 4.74 Å². The Morgan fingerprint density at radius 2 is 1.91 bits per heavy atom. The van der Waals surface area contributed by atoms with E-state index in [1.165, 1.54) is 18.5 Å². The molecular weight excluding hydrogens is 276 g/mol. The molecular formula is C18H27N2O2. The van der Waals surface area contributed by atoms with Crippen molar-refractivity contribution >= 4 is 5.69 Å². The van der Waals surface area contributed by atoms with Crippen LogP contribution >= 0.6 is 0 Å². The fourth-order valence-electron chi connectivity index (χ4n) is 3.42. The highest BCUT2D eigenvalue weighted by atomic mass is 16.5. The molecule has 4 heteroatoms. The lowest BCUT2D eigenvalue weighted by Gasteiger charge is -2.41. The first-order valence-electron chi connectivity index (χ1n) is 8.47. The number of nitrogens with zero attached hydrogens (tertiary/aromatic N) is 2. The minimum atomic E-state index is 0.201. The van der Waals surface area contributed by atoms with Crippen LogP contribution in [0.2, 0.25) is 0 Å². The third kappa shape index (κ3) is 3.73. The van der Waals surface area contributed by atoms with Crippen LogP contribution in [0, 0.1) is 6.07 Å². The third-order valence-corrected chi connectivity index (χ3v) is 4.53. The van der Waals surface area contributed by atoms with Gasteiger partial charge in [0.2, 0.25) is 0 Å². The Hall–Kier alpha value is -1.26. The van der Waals surface area contributed by atoms with Gasteiger partial charge in [0.25, 0.3) is 0 Å². The van der Waals surface area contributed by atoms with Gasteiger partial charge in [-0.15, -0.1) is 0 Å². The van der Waals surface area contributed by atoms with Gasteiger partial charge in [-0.3, -0.25) is 4.90 Å². The van der Waals surface area contributed by atoms with E-state index in [-0.39, 0.29) is 6.10 Å². The van der Waals surface area contributed by atoms with Crippen molar-refractivity contribution in [2.24, 2.45) is 0 Å². The Morgan fingerprint density at radius 3 is 2.59 bits per heavy atom. The van der Waals surface area contributed by atoms with Crippen LogP contribution in [0.25, 0.3) is 0 Å². The highest BCUT2D eigenvalue weighted by Crippen LogP contribution is 2.31. The monoisotopic (exact) mass is 303 g/mol. The first-order chi connectivity index (χ1) is 10.7.